The van der Waals surface area contributed by atoms with Crippen LogP contribution in [0.2, 0.25) is 0 Å². The molecule has 2 N–H and O–H groups in total. The highest BCUT2D eigenvalue weighted by molar-refractivity contribution is 5.91. The minimum absolute atomic E-state index is 0.0261. The van der Waals surface area contributed by atoms with E-state index in [9.17, 15) is 13.6 Å². The molecule has 0 bridgehead atoms. The maximum Gasteiger partial charge on any atom is 0.271 e. The van der Waals surface area contributed by atoms with Gasteiger partial charge in [-0.2, -0.15) is 0 Å². The molecule has 1 aromatic heterocycles. The fraction of sp³-hybridized carbons (Fsp3) is 0.500. The molecular weight excluding hydrogens is 246 g/mol. The third-order valence-electron chi connectivity index (χ3n) is 2.16. The first kappa shape index (κ1) is 14.2. The number of amides is 1. The first-order valence-electron chi connectivity index (χ1n) is 5.28. The molecule has 0 saturated heterocycles. The average Bonchev–Trinajstić information content (AvgIpc) is 2.37. The third kappa shape index (κ3) is 3.88. The number of aromatic nitrogens is 2. The number of aliphatic hydroxyl groups is 1. The van der Waals surface area contributed by atoms with Crippen molar-refractivity contribution >= 4 is 11.7 Å². The summed E-state index contributed by atoms with van der Waals surface area (Å²) in [6, 6.07) is 2.80. The van der Waals surface area contributed by atoms with Crippen LogP contribution in [0.15, 0.2) is 12.1 Å². The van der Waals surface area contributed by atoms with Crippen LogP contribution in [-0.4, -0.2) is 54.4 Å². The quantitative estimate of drug-likeness (QED) is 0.746. The van der Waals surface area contributed by atoms with Gasteiger partial charge in [0.05, 0.1) is 13.2 Å². The second-order valence-electron chi connectivity index (χ2n) is 3.42. The van der Waals surface area contributed by atoms with Gasteiger partial charge in [-0.25, -0.2) is 8.78 Å². The summed E-state index contributed by atoms with van der Waals surface area (Å²) in [7, 11) is 1.45. The summed E-state index contributed by atoms with van der Waals surface area (Å²) in [6.45, 7) is -0.793. The van der Waals surface area contributed by atoms with E-state index >= 15 is 0 Å². The molecule has 18 heavy (non-hydrogen) atoms. The number of hydrogen-bond donors (Lipinski definition) is 2. The van der Waals surface area contributed by atoms with Gasteiger partial charge in [0, 0.05) is 13.6 Å². The van der Waals surface area contributed by atoms with E-state index in [2.05, 4.69) is 15.5 Å². The number of hydrogen-bond acceptors (Lipinski definition) is 5. The van der Waals surface area contributed by atoms with Gasteiger partial charge in [0.1, 0.15) is 0 Å². The van der Waals surface area contributed by atoms with E-state index in [1.54, 1.807) is 0 Å². The topological polar surface area (TPSA) is 78.4 Å². The monoisotopic (exact) mass is 260 g/mol. The molecule has 0 spiro atoms. The summed E-state index contributed by atoms with van der Waals surface area (Å²) in [6.07, 6.45) is -2.54. The Morgan fingerprint density at radius 2 is 2.22 bits per heavy atom. The summed E-state index contributed by atoms with van der Waals surface area (Å²) >= 11 is 0. The first-order valence-corrected chi connectivity index (χ1v) is 5.28. The Morgan fingerprint density at radius 3 is 2.67 bits per heavy atom. The van der Waals surface area contributed by atoms with E-state index in [0.29, 0.717) is 0 Å². The Kier molecular flexibility index (Phi) is 5.37. The molecule has 0 aliphatic rings. The Balaban J connectivity index is 2.82. The van der Waals surface area contributed by atoms with Crippen molar-refractivity contribution in [2.75, 3.05) is 31.6 Å². The molecule has 0 fully saturated rings. The standard InChI is InChI=1S/C10H14F2N4O2/c1-13-10(18)7-2-3-9(15-14-7)16(4-5-17)6-8(11)12/h2-3,8,17H,4-6H2,1H3,(H,13,18). The van der Waals surface area contributed by atoms with Gasteiger partial charge < -0.3 is 15.3 Å². The number of halogens is 2. The van der Waals surface area contributed by atoms with E-state index in [-0.39, 0.29) is 24.7 Å². The Hall–Kier alpha value is -1.83. The lowest BCUT2D eigenvalue weighted by Gasteiger charge is -2.21. The molecule has 0 unspecified atom stereocenters. The number of nitrogens with one attached hydrogen (secondary N) is 1. The molecule has 1 heterocycles. The van der Waals surface area contributed by atoms with Crippen molar-refractivity contribution in [1.82, 2.24) is 15.5 Å². The Bertz CT molecular complexity index is 386. The fourth-order valence-electron chi connectivity index (χ4n) is 1.33. The first-order chi connectivity index (χ1) is 8.58. The number of carbonyl (C=O) groups excluding carboxylic acids is 1. The van der Waals surface area contributed by atoms with E-state index in [1.165, 1.54) is 24.1 Å². The molecule has 0 aliphatic carbocycles. The second kappa shape index (κ2) is 6.80. The molecule has 0 radical (unpaired) electrons. The summed E-state index contributed by atoms with van der Waals surface area (Å²) in [5.74, 6) is -0.214. The van der Waals surface area contributed by atoms with E-state index in [4.69, 9.17) is 5.11 Å². The second-order valence-corrected chi connectivity index (χ2v) is 3.42. The molecule has 100 valence electrons. The largest absolute Gasteiger partial charge is 0.395 e. The molecule has 6 nitrogen and oxygen atoms in total. The molecule has 8 heteroatoms. The number of carbonyl (C=O) groups is 1. The number of nitrogens with zero attached hydrogens (tertiary/aromatic N) is 3. The van der Waals surface area contributed by atoms with Crippen molar-refractivity contribution in [3.63, 3.8) is 0 Å². The van der Waals surface area contributed by atoms with Crippen LogP contribution >= 0.6 is 0 Å². The lowest BCUT2D eigenvalue weighted by atomic mass is 10.3. The Labute approximate surface area is 103 Å². The molecule has 0 atom stereocenters. The van der Waals surface area contributed by atoms with Crippen LogP contribution < -0.4 is 10.2 Å². The molecule has 1 rings (SSSR count). The van der Waals surface area contributed by atoms with Gasteiger partial charge >= 0.3 is 0 Å². The van der Waals surface area contributed by atoms with Crippen LogP contribution in [0.1, 0.15) is 10.5 Å². The molecule has 0 aromatic carbocycles. The normalized spacial score (nSPS) is 10.5. The minimum Gasteiger partial charge on any atom is -0.395 e. The number of rotatable bonds is 6. The van der Waals surface area contributed by atoms with Crippen LogP contribution in [0.25, 0.3) is 0 Å². The lowest BCUT2D eigenvalue weighted by Crippen LogP contribution is -2.32. The number of alkyl halides is 2. The molecule has 0 saturated carbocycles. The van der Waals surface area contributed by atoms with Gasteiger partial charge in [0.25, 0.3) is 12.3 Å². The van der Waals surface area contributed by atoms with Crippen molar-refractivity contribution in [2.24, 2.45) is 0 Å². The van der Waals surface area contributed by atoms with E-state index < -0.39 is 18.9 Å². The number of aliphatic hydroxyl groups excluding tert-OH is 1. The zero-order valence-corrected chi connectivity index (χ0v) is 9.81. The summed E-state index contributed by atoms with van der Waals surface area (Å²) < 4.78 is 24.6. The van der Waals surface area contributed by atoms with E-state index in [0.717, 1.165) is 0 Å². The minimum atomic E-state index is -2.54. The van der Waals surface area contributed by atoms with Gasteiger partial charge in [-0.15, -0.1) is 10.2 Å². The maximum atomic E-state index is 12.3. The summed E-state index contributed by atoms with van der Waals surface area (Å²) in [4.78, 5) is 12.4. The van der Waals surface area contributed by atoms with Gasteiger partial charge in [-0.1, -0.05) is 0 Å². The molecule has 0 aliphatic heterocycles. The molecule has 1 amide bonds. The van der Waals surface area contributed by atoms with Gasteiger partial charge in [-0.3, -0.25) is 4.79 Å². The van der Waals surface area contributed by atoms with Crippen LogP contribution in [0, 0.1) is 0 Å². The van der Waals surface area contributed by atoms with Crippen molar-refractivity contribution < 1.29 is 18.7 Å². The smallest absolute Gasteiger partial charge is 0.271 e. The number of anilines is 1. The van der Waals surface area contributed by atoms with Gasteiger partial charge in [0.15, 0.2) is 11.5 Å². The summed E-state index contributed by atoms with van der Waals surface area (Å²) in [5, 5.41) is 18.5. The highest BCUT2D eigenvalue weighted by Crippen LogP contribution is 2.11. The van der Waals surface area contributed by atoms with E-state index in [1.807, 2.05) is 0 Å². The summed E-state index contributed by atoms with van der Waals surface area (Å²) in [5.41, 5.74) is 0.0993. The zero-order chi connectivity index (χ0) is 13.5. The molecular formula is C10H14F2N4O2. The predicted octanol–water partition coefficient (Wildman–Crippen LogP) is -0.1000. The average molecular weight is 260 g/mol. The van der Waals surface area contributed by atoms with Crippen LogP contribution in [0.3, 0.4) is 0 Å². The SMILES string of the molecule is CNC(=O)c1ccc(N(CCO)CC(F)F)nn1. The fourth-order valence-corrected chi connectivity index (χ4v) is 1.33. The highest BCUT2D eigenvalue weighted by atomic mass is 19.3. The van der Waals surface area contributed by atoms with Gasteiger partial charge in [-0.05, 0) is 12.1 Å². The zero-order valence-electron chi connectivity index (χ0n) is 9.81. The lowest BCUT2D eigenvalue weighted by molar-refractivity contribution is 0.0957. The predicted molar refractivity (Wildman–Crippen MR) is 60.7 cm³/mol. The highest BCUT2D eigenvalue weighted by Gasteiger charge is 2.15. The third-order valence-corrected chi connectivity index (χ3v) is 2.16. The van der Waals surface area contributed by atoms with Crippen molar-refractivity contribution in [3.8, 4) is 0 Å². The van der Waals surface area contributed by atoms with Crippen LogP contribution in [0.5, 0.6) is 0 Å². The van der Waals surface area contributed by atoms with Crippen molar-refractivity contribution in [1.29, 1.82) is 0 Å². The van der Waals surface area contributed by atoms with Crippen molar-refractivity contribution in [2.45, 2.75) is 6.43 Å². The van der Waals surface area contributed by atoms with Crippen LogP contribution in [0.4, 0.5) is 14.6 Å². The van der Waals surface area contributed by atoms with Crippen LogP contribution in [-0.2, 0) is 0 Å². The Morgan fingerprint density at radius 1 is 1.50 bits per heavy atom. The van der Waals surface area contributed by atoms with Crippen molar-refractivity contribution in [3.05, 3.63) is 17.8 Å². The maximum absolute atomic E-state index is 12.3. The van der Waals surface area contributed by atoms with Gasteiger partial charge in [0.2, 0.25) is 0 Å². The molecule has 1 aromatic rings.